The van der Waals surface area contributed by atoms with Crippen LogP contribution in [0.4, 0.5) is 13.2 Å². The van der Waals surface area contributed by atoms with Gasteiger partial charge in [0.1, 0.15) is 11.4 Å². The Morgan fingerprint density at radius 3 is 2.45 bits per heavy atom. The molecule has 0 fully saturated rings. The van der Waals surface area contributed by atoms with Crippen LogP contribution in [0.3, 0.4) is 0 Å². The number of amides is 1. The van der Waals surface area contributed by atoms with Crippen molar-refractivity contribution in [2.75, 3.05) is 0 Å². The molecule has 0 bridgehead atoms. The van der Waals surface area contributed by atoms with E-state index in [1.165, 1.54) is 32.0 Å². The van der Waals surface area contributed by atoms with Gasteiger partial charge in [-0.3, -0.25) is 4.79 Å². The van der Waals surface area contributed by atoms with Crippen LogP contribution >= 0.6 is 0 Å². The van der Waals surface area contributed by atoms with E-state index >= 15 is 0 Å². The van der Waals surface area contributed by atoms with Gasteiger partial charge in [-0.05, 0) is 38.5 Å². The van der Waals surface area contributed by atoms with E-state index in [4.69, 9.17) is 0 Å². The smallest absolute Gasteiger partial charge is 0.406 e. The van der Waals surface area contributed by atoms with E-state index in [9.17, 15) is 23.1 Å². The first-order chi connectivity index (χ1) is 8.99. The van der Waals surface area contributed by atoms with Crippen LogP contribution in [-0.2, 0) is 4.79 Å². The van der Waals surface area contributed by atoms with Crippen LogP contribution in [0.1, 0.15) is 32.4 Å². The minimum absolute atomic E-state index is 0.362. The highest BCUT2D eigenvalue weighted by Gasteiger charge is 2.31. The van der Waals surface area contributed by atoms with E-state index < -0.39 is 23.9 Å². The molecule has 0 aliphatic heterocycles. The molecule has 0 heterocycles. The summed E-state index contributed by atoms with van der Waals surface area (Å²) in [6, 6.07) is 4.73. The molecule has 1 aromatic rings. The second-order valence-corrected chi connectivity index (χ2v) is 4.87. The van der Waals surface area contributed by atoms with Gasteiger partial charge in [0.05, 0.1) is 6.04 Å². The number of alkyl halides is 3. The number of nitrogens with one attached hydrogen (secondary N) is 1. The van der Waals surface area contributed by atoms with Crippen molar-refractivity contribution < 1.29 is 27.8 Å². The van der Waals surface area contributed by atoms with Crippen LogP contribution in [-0.4, -0.2) is 23.0 Å². The van der Waals surface area contributed by atoms with E-state index in [-0.39, 0.29) is 5.75 Å². The van der Waals surface area contributed by atoms with Crippen LogP contribution in [0.2, 0.25) is 0 Å². The zero-order valence-electron chi connectivity index (χ0n) is 11.3. The first-order valence-corrected chi connectivity index (χ1v) is 5.88. The normalized spacial score (nSPS) is 13.8. The van der Waals surface area contributed by atoms with Gasteiger partial charge in [-0.25, -0.2) is 0 Å². The van der Waals surface area contributed by atoms with Crippen molar-refractivity contribution in [1.82, 2.24) is 5.32 Å². The summed E-state index contributed by atoms with van der Waals surface area (Å²) in [5, 5.41) is 12.0. The Morgan fingerprint density at radius 2 is 1.95 bits per heavy atom. The minimum atomic E-state index is -4.77. The SMILES string of the molecule is C[C@@H](NC(=O)C(C)(C)O)c1cccc(OC(F)(F)F)c1. The molecular formula is C13H16F3NO3. The molecule has 0 saturated heterocycles. The summed E-state index contributed by atoms with van der Waals surface area (Å²) in [6.45, 7) is 4.23. The van der Waals surface area contributed by atoms with Crippen LogP contribution in [0.5, 0.6) is 5.75 Å². The molecule has 1 amide bonds. The number of rotatable bonds is 4. The standard InChI is InChI=1S/C13H16F3NO3/c1-8(17-11(18)12(2,3)19)9-5-4-6-10(7-9)20-13(14,15)16/h4-8,19H,1-3H3,(H,17,18)/t8-/m1/s1. The molecule has 7 heteroatoms. The number of carbonyl (C=O) groups is 1. The maximum absolute atomic E-state index is 12.1. The summed E-state index contributed by atoms with van der Waals surface area (Å²) < 4.78 is 40.1. The van der Waals surface area contributed by atoms with E-state index in [1.807, 2.05) is 0 Å². The molecule has 1 rings (SSSR count). The molecule has 0 saturated carbocycles. The fourth-order valence-electron chi connectivity index (χ4n) is 1.44. The molecule has 0 aromatic heterocycles. The van der Waals surface area contributed by atoms with Crippen molar-refractivity contribution >= 4 is 5.91 Å². The van der Waals surface area contributed by atoms with Crippen LogP contribution in [0.25, 0.3) is 0 Å². The fraction of sp³-hybridized carbons (Fsp3) is 0.462. The van der Waals surface area contributed by atoms with E-state index in [2.05, 4.69) is 10.1 Å². The Hall–Kier alpha value is -1.76. The van der Waals surface area contributed by atoms with Gasteiger partial charge in [-0.2, -0.15) is 0 Å². The Kier molecular flexibility index (Phi) is 4.65. The number of halogens is 3. The van der Waals surface area contributed by atoms with Gasteiger partial charge in [0.15, 0.2) is 0 Å². The number of hydrogen-bond donors (Lipinski definition) is 2. The van der Waals surface area contributed by atoms with Gasteiger partial charge in [-0.1, -0.05) is 12.1 Å². The predicted molar refractivity (Wildman–Crippen MR) is 66.0 cm³/mol. The van der Waals surface area contributed by atoms with Crippen molar-refractivity contribution in [3.8, 4) is 5.75 Å². The molecule has 1 atom stereocenters. The van der Waals surface area contributed by atoms with Crippen LogP contribution in [0.15, 0.2) is 24.3 Å². The third-order valence-corrected chi connectivity index (χ3v) is 2.49. The average Bonchev–Trinajstić information content (AvgIpc) is 2.25. The van der Waals surface area contributed by atoms with Crippen LogP contribution < -0.4 is 10.1 Å². The number of benzene rings is 1. The van der Waals surface area contributed by atoms with Gasteiger partial charge >= 0.3 is 6.36 Å². The third kappa shape index (κ3) is 5.08. The Morgan fingerprint density at radius 1 is 1.35 bits per heavy atom. The summed E-state index contributed by atoms with van der Waals surface area (Å²) in [6.07, 6.45) is -4.77. The Bertz CT molecular complexity index is 480. The monoisotopic (exact) mass is 291 g/mol. The van der Waals surface area contributed by atoms with Crippen molar-refractivity contribution in [1.29, 1.82) is 0 Å². The van der Waals surface area contributed by atoms with E-state index in [1.54, 1.807) is 13.0 Å². The Labute approximate surface area is 114 Å². The quantitative estimate of drug-likeness (QED) is 0.896. The summed E-state index contributed by atoms with van der Waals surface area (Å²) in [5.41, 5.74) is -1.13. The summed E-state index contributed by atoms with van der Waals surface area (Å²) >= 11 is 0. The molecule has 2 N–H and O–H groups in total. The zero-order valence-corrected chi connectivity index (χ0v) is 11.3. The highest BCUT2D eigenvalue weighted by atomic mass is 19.4. The van der Waals surface area contributed by atoms with Crippen molar-refractivity contribution in [2.24, 2.45) is 0 Å². The van der Waals surface area contributed by atoms with Gasteiger partial charge in [0, 0.05) is 0 Å². The number of ether oxygens (including phenoxy) is 1. The molecule has 1 aromatic carbocycles. The van der Waals surface area contributed by atoms with Crippen molar-refractivity contribution in [3.63, 3.8) is 0 Å². The molecule has 0 radical (unpaired) electrons. The maximum Gasteiger partial charge on any atom is 0.573 e. The maximum atomic E-state index is 12.1. The molecule has 20 heavy (non-hydrogen) atoms. The van der Waals surface area contributed by atoms with Gasteiger partial charge in [0.25, 0.3) is 5.91 Å². The molecule has 4 nitrogen and oxygen atoms in total. The van der Waals surface area contributed by atoms with Gasteiger partial charge in [0.2, 0.25) is 0 Å². The molecule has 0 aliphatic carbocycles. The predicted octanol–water partition coefficient (Wildman–Crippen LogP) is 2.53. The van der Waals surface area contributed by atoms with Gasteiger partial charge in [-0.15, -0.1) is 13.2 Å². The van der Waals surface area contributed by atoms with Gasteiger partial charge < -0.3 is 15.2 Å². The lowest BCUT2D eigenvalue weighted by molar-refractivity contribution is -0.274. The third-order valence-electron chi connectivity index (χ3n) is 2.49. The minimum Gasteiger partial charge on any atom is -0.406 e. The summed E-state index contributed by atoms with van der Waals surface area (Å²) in [4.78, 5) is 11.6. The first-order valence-electron chi connectivity index (χ1n) is 5.88. The molecule has 0 unspecified atom stereocenters. The lowest BCUT2D eigenvalue weighted by atomic mass is 10.1. The van der Waals surface area contributed by atoms with E-state index in [0.29, 0.717) is 5.56 Å². The number of carbonyl (C=O) groups excluding carboxylic acids is 1. The number of aliphatic hydroxyl groups is 1. The highest BCUT2D eigenvalue weighted by Crippen LogP contribution is 2.25. The zero-order chi connectivity index (χ0) is 15.6. The Balaban J connectivity index is 2.81. The molecule has 112 valence electrons. The second kappa shape index (κ2) is 5.70. The lowest BCUT2D eigenvalue weighted by Crippen LogP contribution is -2.42. The molecule has 0 aliphatic rings. The lowest BCUT2D eigenvalue weighted by Gasteiger charge is -2.21. The fourth-order valence-corrected chi connectivity index (χ4v) is 1.44. The van der Waals surface area contributed by atoms with Crippen molar-refractivity contribution in [2.45, 2.75) is 38.8 Å². The first kappa shape index (κ1) is 16.3. The largest absolute Gasteiger partial charge is 0.573 e. The summed E-state index contributed by atoms with van der Waals surface area (Å²) in [5.74, 6) is -0.980. The van der Waals surface area contributed by atoms with Crippen molar-refractivity contribution in [3.05, 3.63) is 29.8 Å². The van der Waals surface area contributed by atoms with E-state index in [0.717, 1.165) is 0 Å². The number of hydrogen-bond acceptors (Lipinski definition) is 3. The highest BCUT2D eigenvalue weighted by molar-refractivity contribution is 5.84. The topological polar surface area (TPSA) is 58.6 Å². The average molecular weight is 291 g/mol. The molecule has 0 spiro atoms. The molecular weight excluding hydrogens is 275 g/mol. The summed E-state index contributed by atoms with van der Waals surface area (Å²) in [7, 11) is 0. The van der Waals surface area contributed by atoms with Crippen LogP contribution in [0, 0.1) is 0 Å². The second-order valence-electron chi connectivity index (χ2n) is 4.87.